The van der Waals surface area contributed by atoms with Crippen LogP contribution in [0.2, 0.25) is 0 Å². The lowest BCUT2D eigenvalue weighted by Gasteiger charge is -2.19. The van der Waals surface area contributed by atoms with Gasteiger partial charge in [0.25, 0.3) is 0 Å². The molecule has 0 N–H and O–H groups in total. The Morgan fingerprint density at radius 3 is 2.21 bits per heavy atom. The maximum absolute atomic E-state index is 12.7. The summed E-state index contributed by atoms with van der Waals surface area (Å²) in [7, 11) is -0.910. The number of sulfonamides is 1. The van der Waals surface area contributed by atoms with Crippen molar-refractivity contribution < 1.29 is 13.2 Å². The van der Waals surface area contributed by atoms with E-state index in [1.165, 1.54) is 36.9 Å². The summed E-state index contributed by atoms with van der Waals surface area (Å²) in [6.07, 6.45) is 1.81. The average molecular weight is 408 g/mol. The van der Waals surface area contributed by atoms with Crippen LogP contribution in [0.3, 0.4) is 0 Å². The first-order valence-electron chi connectivity index (χ1n) is 9.16. The number of benzene rings is 1. The molecule has 1 fully saturated rings. The van der Waals surface area contributed by atoms with Crippen molar-refractivity contribution in [1.29, 1.82) is 0 Å². The van der Waals surface area contributed by atoms with E-state index in [0.717, 1.165) is 21.7 Å². The molecule has 1 aromatic heterocycles. The van der Waals surface area contributed by atoms with Crippen LogP contribution in [0.15, 0.2) is 32.7 Å². The second-order valence-corrected chi connectivity index (χ2v) is 9.12. The van der Waals surface area contributed by atoms with Crippen molar-refractivity contribution in [3.05, 3.63) is 38.9 Å². The topological polar surface area (TPSA) is 102 Å². The molecule has 1 amide bonds. The minimum Gasteiger partial charge on any atom is -0.341 e. The van der Waals surface area contributed by atoms with E-state index in [2.05, 4.69) is 0 Å². The Labute approximate surface area is 162 Å². The first-order valence-corrected chi connectivity index (χ1v) is 10.6. The van der Waals surface area contributed by atoms with Crippen LogP contribution >= 0.6 is 0 Å². The van der Waals surface area contributed by atoms with E-state index in [0.29, 0.717) is 18.6 Å². The Hall–Kier alpha value is -2.46. The summed E-state index contributed by atoms with van der Waals surface area (Å²) in [6, 6.07) is 4.27. The number of hydrogen-bond donors (Lipinski definition) is 0. The zero-order chi connectivity index (χ0) is 20.6. The van der Waals surface area contributed by atoms with Gasteiger partial charge in [-0.2, -0.15) is 0 Å². The lowest BCUT2D eigenvalue weighted by Crippen LogP contribution is -2.44. The Balaban J connectivity index is 2.25. The van der Waals surface area contributed by atoms with E-state index in [-0.39, 0.29) is 29.4 Å². The third-order valence-electron chi connectivity index (χ3n) is 5.05. The molecule has 2 aromatic rings. The predicted molar refractivity (Wildman–Crippen MR) is 105 cm³/mol. The van der Waals surface area contributed by atoms with E-state index >= 15 is 0 Å². The molecular weight excluding hydrogens is 384 g/mol. The number of aryl methyl sites for hydroxylation is 1. The molecule has 1 aliphatic rings. The molecule has 1 aromatic carbocycles. The number of hydrogen-bond acceptors (Lipinski definition) is 5. The molecule has 0 spiro atoms. The van der Waals surface area contributed by atoms with Gasteiger partial charge in [-0.25, -0.2) is 12.7 Å². The van der Waals surface area contributed by atoms with E-state index in [9.17, 15) is 22.8 Å². The van der Waals surface area contributed by atoms with Crippen LogP contribution in [-0.2, 0) is 27.9 Å². The molecule has 0 atom stereocenters. The van der Waals surface area contributed by atoms with Gasteiger partial charge < -0.3 is 9.47 Å². The maximum atomic E-state index is 12.7. The minimum absolute atomic E-state index is 0.00641. The number of nitrogens with zero attached hydrogens (tertiary/aromatic N) is 4. The van der Waals surface area contributed by atoms with Gasteiger partial charge in [-0.1, -0.05) is 0 Å². The molecule has 0 radical (unpaired) electrons. The van der Waals surface area contributed by atoms with E-state index in [4.69, 9.17) is 0 Å². The van der Waals surface area contributed by atoms with Crippen molar-refractivity contribution in [3.8, 4) is 0 Å². The van der Waals surface area contributed by atoms with Gasteiger partial charge in [0.05, 0.1) is 15.9 Å². The Kier molecular flexibility index (Phi) is 5.44. The molecule has 0 unspecified atom stereocenters. The minimum atomic E-state index is -3.74. The van der Waals surface area contributed by atoms with Crippen LogP contribution in [0.1, 0.15) is 19.8 Å². The van der Waals surface area contributed by atoms with E-state index < -0.39 is 21.1 Å². The van der Waals surface area contributed by atoms with Crippen molar-refractivity contribution in [3.63, 3.8) is 0 Å². The summed E-state index contributed by atoms with van der Waals surface area (Å²) in [5, 5.41) is 0. The van der Waals surface area contributed by atoms with Gasteiger partial charge in [0.15, 0.2) is 0 Å². The molecule has 1 saturated heterocycles. The lowest BCUT2D eigenvalue weighted by atomic mass is 10.2. The number of likely N-dealkylation sites (tertiary alicyclic amines) is 1. The second-order valence-electron chi connectivity index (χ2n) is 6.97. The van der Waals surface area contributed by atoms with Crippen molar-refractivity contribution in [1.82, 2.24) is 18.3 Å². The number of rotatable bonds is 5. The first kappa shape index (κ1) is 20.3. The summed E-state index contributed by atoms with van der Waals surface area (Å²) in [4.78, 5) is 39.5. The normalized spacial score (nSPS) is 14.9. The molecule has 1 aliphatic heterocycles. The highest BCUT2D eigenvalue weighted by molar-refractivity contribution is 7.89. The molecular formula is C18H24N4O5S. The number of carbonyl (C=O) groups excluding carboxylic acids is 1. The molecule has 3 rings (SSSR count). The van der Waals surface area contributed by atoms with Crippen LogP contribution in [-0.4, -0.2) is 59.8 Å². The highest BCUT2D eigenvalue weighted by Gasteiger charge is 2.23. The van der Waals surface area contributed by atoms with Crippen molar-refractivity contribution in [2.75, 3.05) is 27.2 Å². The molecule has 28 heavy (non-hydrogen) atoms. The van der Waals surface area contributed by atoms with Gasteiger partial charge in [0.1, 0.15) is 6.54 Å². The maximum Gasteiger partial charge on any atom is 0.317 e. The summed E-state index contributed by atoms with van der Waals surface area (Å²) in [5.41, 5.74) is -0.894. The monoisotopic (exact) mass is 408 g/mol. The highest BCUT2D eigenvalue weighted by atomic mass is 32.2. The second kappa shape index (κ2) is 7.51. The van der Waals surface area contributed by atoms with Gasteiger partial charge >= 0.3 is 11.1 Å². The summed E-state index contributed by atoms with van der Waals surface area (Å²) >= 11 is 0. The number of aromatic nitrogens is 2. The van der Waals surface area contributed by atoms with Gasteiger partial charge in [-0.3, -0.25) is 19.0 Å². The molecule has 10 heteroatoms. The van der Waals surface area contributed by atoms with Gasteiger partial charge in [0.2, 0.25) is 15.9 Å². The fraction of sp³-hybridized carbons (Fsp3) is 0.500. The van der Waals surface area contributed by atoms with Crippen LogP contribution in [0.5, 0.6) is 0 Å². The summed E-state index contributed by atoms with van der Waals surface area (Å²) < 4.78 is 28.5. The summed E-state index contributed by atoms with van der Waals surface area (Å²) in [5.74, 6) is -0.254. The Morgan fingerprint density at radius 2 is 1.64 bits per heavy atom. The van der Waals surface area contributed by atoms with Crippen molar-refractivity contribution in [2.45, 2.75) is 37.8 Å². The quantitative estimate of drug-likeness (QED) is 0.651. The van der Waals surface area contributed by atoms with E-state index in [1.807, 2.05) is 0 Å². The molecule has 152 valence electrons. The fourth-order valence-corrected chi connectivity index (χ4v) is 4.36. The molecule has 9 nitrogen and oxygen atoms in total. The average Bonchev–Trinajstić information content (AvgIpc) is 3.20. The third kappa shape index (κ3) is 3.37. The number of carbonyl (C=O) groups is 1. The zero-order valence-corrected chi connectivity index (χ0v) is 17.0. The van der Waals surface area contributed by atoms with Gasteiger partial charge in [-0.05, 0) is 38.0 Å². The smallest absolute Gasteiger partial charge is 0.317 e. The summed E-state index contributed by atoms with van der Waals surface area (Å²) in [6.45, 7) is 2.94. The third-order valence-corrected chi connectivity index (χ3v) is 6.86. The van der Waals surface area contributed by atoms with Crippen LogP contribution in [0, 0.1) is 0 Å². The predicted octanol–water partition coefficient (Wildman–Crippen LogP) is 0.0558. The standard InChI is InChI=1S/C18H24N4O5S/c1-4-21-14-8-7-13(28(26,27)19(2)3)11-15(14)22(18(25)17(21)24)12-16(23)20-9-5-6-10-20/h7-8,11H,4-6,9-10,12H2,1-3H3. The van der Waals surface area contributed by atoms with Crippen LogP contribution in [0.4, 0.5) is 0 Å². The first-order chi connectivity index (χ1) is 13.2. The van der Waals surface area contributed by atoms with E-state index in [1.54, 1.807) is 11.8 Å². The van der Waals surface area contributed by atoms with Gasteiger partial charge in [-0.15, -0.1) is 0 Å². The largest absolute Gasteiger partial charge is 0.341 e. The van der Waals surface area contributed by atoms with Crippen LogP contribution in [0.25, 0.3) is 11.0 Å². The lowest BCUT2D eigenvalue weighted by molar-refractivity contribution is -0.130. The fourth-order valence-electron chi connectivity index (χ4n) is 3.44. The van der Waals surface area contributed by atoms with Crippen molar-refractivity contribution >= 4 is 27.0 Å². The number of fused-ring (bicyclic) bond motifs is 1. The van der Waals surface area contributed by atoms with Gasteiger partial charge in [0, 0.05) is 33.7 Å². The molecule has 0 saturated carbocycles. The van der Waals surface area contributed by atoms with Crippen molar-refractivity contribution in [2.24, 2.45) is 0 Å². The molecule has 0 aliphatic carbocycles. The highest BCUT2D eigenvalue weighted by Crippen LogP contribution is 2.20. The number of amides is 1. The SMILES string of the molecule is CCn1c(=O)c(=O)n(CC(=O)N2CCCC2)c2cc(S(=O)(=O)N(C)C)ccc21. The Morgan fingerprint density at radius 1 is 1.04 bits per heavy atom. The zero-order valence-electron chi connectivity index (χ0n) is 16.2. The molecule has 0 bridgehead atoms. The Bertz CT molecular complexity index is 1140. The molecule has 2 heterocycles. The van der Waals surface area contributed by atoms with Crippen LogP contribution < -0.4 is 11.1 Å².